The van der Waals surface area contributed by atoms with Gasteiger partial charge in [0.15, 0.2) is 0 Å². The Morgan fingerprint density at radius 1 is 1.39 bits per heavy atom. The first kappa shape index (κ1) is 15.0. The lowest BCUT2D eigenvalue weighted by Gasteiger charge is -2.13. The Balaban J connectivity index is 2.62. The van der Waals surface area contributed by atoms with Crippen LogP contribution in [0.3, 0.4) is 0 Å². The Kier molecular flexibility index (Phi) is 5.16. The van der Waals surface area contributed by atoms with Crippen LogP contribution in [-0.2, 0) is 9.84 Å². The van der Waals surface area contributed by atoms with Gasteiger partial charge < -0.3 is 9.84 Å². The van der Waals surface area contributed by atoms with E-state index in [4.69, 9.17) is 4.74 Å². The summed E-state index contributed by atoms with van der Waals surface area (Å²) in [4.78, 5) is 0. The molecule has 0 aliphatic carbocycles. The normalized spacial score (nSPS) is 13.3. The number of ether oxygens (including phenoxy) is 1. The van der Waals surface area contributed by atoms with E-state index >= 15 is 0 Å². The second kappa shape index (κ2) is 6.20. The first-order valence-corrected chi connectivity index (χ1v) is 7.90. The van der Waals surface area contributed by atoms with Crippen LogP contribution in [0.5, 0.6) is 5.75 Å². The molecule has 0 heterocycles. The van der Waals surface area contributed by atoms with Crippen molar-refractivity contribution in [3.05, 3.63) is 29.3 Å². The van der Waals surface area contributed by atoms with Crippen molar-refractivity contribution in [2.45, 2.75) is 25.9 Å². The van der Waals surface area contributed by atoms with Gasteiger partial charge in [0.25, 0.3) is 0 Å². The molecule has 0 fully saturated rings. The summed E-state index contributed by atoms with van der Waals surface area (Å²) < 4.78 is 27.1. The number of benzene rings is 1. The van der Waals surface area contributed by atoms with Crippen LogP contribution in [0, 0.1) is 6.92 Å². The van der Waals surface area contributed by atoms with Crippen molar-refractivity contribution >= 4 is 9.84 Å². The van der Waals surface area contributed by atoms with Gasteiger partial charge in [-0.3, -0.25) is 0 Å². The Bertz CT molecular complexity index is 494. The van der Waals surface area contributed by atoms with Crippen molar-refractivity contribution in [1.29, 1.82) is 0 Å². The highest BCUT2D eigenvalue weighted by Crippen LogP contribution is 2.24. The molecule has 1 atom stereocenters. The molecule has 0 aliphatic rings. The highest BCUT2D eigenvalue weighted by atomic mass is 32.2. The smallest absolute Gasteiger partial charge is 0.147 e. The minimum atomic E-state index is -2.95. The number of hydrogen-bond acceptors (Lipinski definition) is 4. The SMILES string of the molecule is COc1ccc(C(O)CCCS(C)(=O)=O)cc1C. The van der Waals surface area contributed by atoms with E-state index in [1.807, 2.05) is 19.1 Å². The molecule has 1 aromatic carbocycles. The van der Waals surface area contributed by atoms with Gasteiger partial charge in [0.2, 0.25) is 0 Å². The highest BCUT2D eigenvalue weighted by Gasteiger charge is 2.11. The average Bonchev–Trinajstić information content (AvgIpc) is 2.27. The van der Waals surface area contributed by atoms with Crippen molar-refractivity contribution in [2.75, 3.05) is 19.1 Å². The Morgan fingerprint density at radius 2 is 2.06 bits per heavy atom. The number of aliphatic hydroxyl groups is 1. The topological polar surface area (TPSA) is 63.6 Å². The zero-order valence-electron chi connectivity index (χ0n) is 11.0. The molecule has 5 heteroatoms. The third-order valence-electron chi connectivity index (χ3n) is 2.80. The molecule has 0 spiro atoms. The van der Waals surface area contributed by atoms with Gasteiger partial charge in [-0.2, -0.15) is 0 Å². The number of aryl methyl sites for hydroxylation is 1. The van der Waals surface area contributed by atoms with E-state index in [2.05, 4.69) is 0 Å². The zero-order valence-corrected chi connectivity index (χ0v) is 11.8. The fourth-order valence-electron chi connectivity index (χ4n) is 1.81. The predicted octanol–water partition coefficient (Wildman–Crippen LogP) is 1.86. The first-order chi connectivity index (χ1) is 8.33. The van der Waals surface area contributed by atoms with Crippen LogP contribution in [0.15, 0.2) is 18.2 Å². The third kappa shape index (κ3) is 4.66. The van der Waals surface area contributed by atoms with Gasteiger partial charge in [-0.25, -0.2) is 8.42 Å². The van der Waals surface area contributed by atoms with Crippen molar-refractivity contribution in [1.82, 2.24) is 0 Å². The average molecular weight is 272 g/mol. The second-order valence-electron chi connectivity index (χ2n) is 4.52. The summed E-state index contributed by atoms with van der Waals surface area (Å²) in [6, 6.07) is 5.48. The molecule has 4 nitrogen and oxygen atoms in total. The molecule has 0 aliphatic heterocycles. The fraction of sp³-hybridized carbons (Fsp3) is 0.538. The molecule has 1 aromatic rings. The molecule has 1 N–H and O–H groups in total. The molecule has 0 amide bonds. The second-order valence-corrected chi connectivity index (χ2v) is 6.78. The standard InChI is InChI=1S/C13H20O4S/c1-10-9-11(6-7-13(10)17-2)12(14)5-4-8-18(3,15)16/h6-7,9,12,14H,4-5,8H2,1-3H3. The van der Waals surface area contributed by atoms with Crippen molar-refractivity contribution in [3.8, 4) is 5.75 Å². The van der Waals surface area contributed by atoms with Crippen LogP contribution >= 0.6 is 0 Å². The van der Waals surface area contributed by atoms with E-state index in [0.29, 0.717) is 12.8 Å². The van der Waals surface area contributed by atoms with Gasteiger partial charge in [-0.15, -0.1) is 0 Å². The molecule has 18 heavy (non-hydrogen) atoms. The van der Waals surface area contributed by atoms with Crippen LogP contribution in [0.25, 0.3) is 0 Å². The molecular weight excluding hydrogens is 252 g/mol. The number of rotatable bonds is 6. The molecule has 0 saturated carbocycles. The summed E-state index contributed by atoms with van der Waals surface area (Å²) in [5.74, 6) is 0.890. The molecule has 0 saturated heterocycles. The maximum Gasteiger partial charge on any atom is 0.147 e. The lowest BCUT2D eigenvalue weighted by Crippen LogP contribution is -2.06. The van der Waals surface area contributed by atoms with Gasteiger partial charge in [0.05, 0.1) is 13.2 Å². The fourth-order valence-corrected chi connectivity index (χ4v) is 2.51. The summed E-state index contributed by atoms with van der Waals surface area (Å²) in [6.07, 6.45) is 1.48. The van der Waals surface area contributed by atoms with E-state index in [-0.39, 0.29) is 5.75 Å². The van der Waals surface area contributed by atoms with Crippen molar-refractivity contribution in [3.63, 3.8) is 0 Å². The number of hydrogen-bond donors (Lipinski definition) is 1. The van der Waals surface area contributed by atoms with Gasteiger partial charge in [0, 0.05) is 12.0 Å². The van der Waals surface area contributed by atoms with Crippen LogP contribution in [0.1, 0.15) is 30.1 Å². The van der Waals surface area contributed by atoms with Gasteiger partial charge in [-0.1, -0.05) is 6.07 Å². The summed E-state index contributed by atoms with van der Waals surface area (Å²) in [5, 5.41) is 9.97. The molecular formula is C13H20O4S. The van der Waals surface area contributed by atoms with E-state index in [9.17, 15) is 13.5 Å². The highest BCUT2D eigenvalue weighted by molar-refractivity contribution is 7.90. The zero-order chi connectivity index (χ0) is 13.8. The van der Waals surface area contributed by atoms with Crippen LogP contribution in [-0.4, -0.2) is 32.6 Å². The number of methoxy groups -OCH3 is 1. The maximum atomic E-state index is 11.0. The van der Waals surface area contributed by atoms with Crippen LogP contribution < -0.4 is 4.74 Å². The monoisotopic (exact) mass is 272 g/mol. The Hall–Kier alpha value is -1.07. The molecule has 0 bridgehead atoms. The van der Waals surface area contributed by atoms with Crippen LogP contribution in [0.2, 0.25) is 0 Å². The summed E-state index contributed by atoms with van der Waals surface area (Å²) >= 11 is 0. The molecule has 102 valence electrons. The molecule has 0 radical (unpaired) electrons. The van der Waals surface area contributed by atoms with E-state index in [1.165, 1.54) is 6.26 Å². The summed E-state index contributed by atoms with van der Waals surface area (Å²) in [5.41, 5.74) is 1.75. The summed E-state index contributed by atoms with van der Waals surface area (Å²) in [6.45, 7) is 1.91. The number of aliphatic hydroxyl groups excluding tert-OH is 1. The largest absolute Gasteiger partial charge is 0.496 e. The third-order valence-corrected chi connectivity index (χ3v) is 3.83. The number of sulfone groups is 1. The Morgan fingerprint density at radius 3 is 2.56 bits per heavy atom. The van der Waals surface area contributed by atoms with Crippen LogP contribution in [0.4, 0.5) is 0 Å². The maximum absolute atomic E-state index is 11.0. The summed E-state index contributed by atoms with van der Waals surface area (Å²) in [7, 11) is -1.35. The van der Waals surface area contributed by atoms with E-state index < -0.39 is 15.9 Å². The molecule has 1 unspecified atom stereocenters. The first-order valence-electron chi connectivity index (χ1n) is 5.84. The van der Waals surface area contributed by atoms with Gasteiger partial charge >= 0.3 is 0 Å². The lowest BCUT2D eigenvalue weighted by atomic mass is 10.0. The predicted molar refractivity (Wildman–Crippen MR) is 71.6 cm³/mol. The van der Waals surface area contributed by atoms with Gasteiger partial charge in [0.1, 0.15) is 15.6 Å². The molecule has 0 aromatic heterocycles. The van der Waals surface area contributed by atoms with Gasteiger partial charge in [-0.05, 0) is 43.0 Å². The quantitative estimate of drug-likeness (QED) is 0.858. The van der Waals surface area contributed by atoms with Crippen molar-refractivity contribution < 1.29 is 18.3 Å². The molecule has 1 rings (SSSR count). The lowest BCUT2D eigenvalue weighted by molar-refractivity contribution is 0.166. The minimum Gasteiger partial charge on any atom is -0.496 e. The Labute approximate surface area is 109 Å². The van der Waals surface area contributed by atoms with Crippen molar-refractivity contribution in [2.24, 2.45) is 0 Å². The minimum absolute atomic E-state index is 0.110. The van der Waals surface area contributed by atoms with E-state index in [0.717, 1.165) is 16.9 Å². The van der Waals surface area contributed by atoms with E-state index in [1.54, 1.807) is 13.2 Å².